The average molecular weight is 344 g/mol. The standard InChI is InChI=1S/C16H10BrNO3/c17-10-5-1-2-6-11(10)18-12-8-14(20)15-9(16(12)21)4-3-7-13(15)19/h1-8,18-19H. The Hall–Kier alpha value is -2.40. The molecule has 0 aromatic heterocycles. The summed E-state index contributed by atoms with van der Waals surface area (Å²) in [6.45, 7) is 0. The van der Waals surface area contributed by atoms with E-state index in [2.05, 4.69) is 21.2 Å². The minimum atomic E-state index is -0.391. The van der Waals surface area contributed by atoms with Gasteiger partial charge in [0, 0.05) is 16.1 Å². The largest absolute Gasteiger partial charge is 0.507 e. The Balaban J connectivity index is 2.02. The van der Waals surface area contributed by atoms with Crippen molar-refractivity contribution in [2.45, 2.75) is 0 Å². The number of nitrogens with one attached hydrogen (secondary N) is 1. The minimum absolute atomic E-state index is 0.0557. The Bertz CT molecular complexity index is 796. The van der Waals surface area contributed by atoms with Gasteiger partial charge in [-0.15, -0.1) is 0 Å². The zero-order valence-electron chi connectivity index (χ0n) is 10.8. The van der Waals surface area contributed by atoms with Gasteiger partial charge in [0.1, 0.15) is 5.75 Å². The Labute approximate surface area is 129 Å². The predicted molar refractivity (Wildman–Crippen MR) is 82.6 cm³/mol. The van der Waals surface area contributed by atoms with E-state index in [-0.39, 0.29) is 28.4 Å². The van der Waals surface area contributed by atoms with E-state index in [1.165, 1.54) is 18.2 Å². The van der Waals surface area contributed by atoms with E-state index in [0.717, 1.165) is 4.47 Å². The maximum Gasteiger partial charge on any atom is 0.210 e. The number of aromatic hydroxyl groups is 1. The molecule has 0 aliphatic heterocycles. The molecule has 4 nitrogen and oxygen atoms in total. The van der Waals surface area contributed by atoms with Crippen LogP contribution in [0.3, 0.4) is 0 Å². The molecule has 0 unspecified atom stereocenters. The SMILES string of the molecule is O=C1C(Nc2ccccc2Br)=CC(=O)c2c(O)cccc21. The highest BCUT2D eigenvalue weighted by Crippen LogP contribution is 2.30. The summed E-state index contributed by atoms with van der Waals surface area (Å²) in [7, 11) is 0. The van der Waals surface area contributed by atoms with Crippen LogP contribution >= 0.6 is 15.9 Å². The van der Waals surface area contributed by atoms with E-state index in [1.807, 2.05) is 18.2 Å². The molecule has 0 saturated heterocycles. The molecule has 0 bridgehead atoms. The third-order valence-corrected chi connectivity index (χ3v) is 3.89. The molecule has 0 saturated carbocycles. The van der Waals surface area contributed by atoms with Gasteiger partial charge in [-0.3, -0.25) is 9.59 Å². The van der Waals surface area contributed by atoms with Gasteiger partial charge in [0.25, 0.3) is 0 Å². The van der Waals surface area contributed by atoms with Crippen molar-refractivity contribution >= 4 is 33.2 Å². The number of para-hydroxylation sites is 1. The predicted octanol–water partition coefficient (Wildman–Crippen LogP) is 3.53. The third kappa shape index (κ3) is 2.36. The van der Waals surface area contributed by atoms with Gasteiger partial charge in [-0.25, -0.2) is 0 Å². The van der Waals surface area contributed by atoms with E-state index in [0.29, 0.717) is 5.69 Å². The van der Waals surface area contributed by atoms with Crippen LogP contribution in [0.5, 0.6) is 5.75 Å². The Morgan fingerprint density at radius 1 is 1.00 bits per heavy atom. The summed E-state index contributed by atoms with van der Waals surface area (Å²) in [5.74, 6) is -0.893. The average Bonchev–Trinajstić information content (AvgIpc) is 2.46. The van der Waals surface area contributed by atoms with Crippen LogP contribution in [0, 0.1) is 0 Å². The van der Waals surface area contributed by atoms with Crippen LogP contribution in [-0.4, -0.2) is 16.7 Å². The number of fused-ring (bicyclic) bond motifs is 1. The molecule has 0 amide bonds. The van der Waals surface area contributed by atoms with Crippen molar-refractivity contribution in [3.63, 3.8) is 0 Å². The first-order chi connectivity index (χ1) is 10.1. The molecule has 0 fully saturated rings. The van der Waals surface area contributed by atoms with Crippen LogP contribution in [0.4, 0.5) is 5.69 Å². The van der Waals surface area contributed by atoms with Gasteiger partial charge in [-0.2, -0.15) is 0 Å². The summed E-state index contributed by atoms with van der Waals surface area (Å²) >= 11 is 3.38. The molecule has 104 valence electrons. The lowest BCUT2D eigenvalue weighted by Crippen LogP contribution is -2.21. The van der Waals surface area contributed by atoms with Crippen molar-refractivity contribution in [1.82, 2.24) is 0 Å². The molecule has 2 aromatic carbocycles. The van der Waals surface area contributed by atoms with Gasteiger partial charge in [0.05, 0.1) is 16.9 Å². The smallest absolute Gasteiger partial charge is 0.210 e. The molecular formula is C16H10BrNO3. The number of Topliss-reactive ketones (excluding diaryl/α,β-unsaturated/α-hetero) is 1. The number of halogens is 1. The highest BCUT2D eigenvalue weighted by Gasteiger charge is 2.28. The maximum absolute atomic E-state index is 12.4. The Morgan fingerprint density at radius 3 is 2.52 bits per heavy atom. The van der Waals surface area contributed by atoms with E-state index in [1.54, 1.807) is 12.1 Å². The first-order valence-electron chi connectivity index (χ1n) is 6.22. The monoisotopic (exact) mass is 343 g/mol. The summed E-state index contributed by atoms with van der Waals surface area (Å²) in [5.41, 5.74) is 1.13. The van der Waals surface area contributed by atoms with Crippen LogP contribution in [0.15, 0.2) is 58.7 Å². The van der Waals surface area contributed by atoms with Crippen LogP contribution < -0.4 is 5.32 Å². The number of phenolic OH excluding ortho intramolecular Hbond substituents is 1. The molecular weight excluding hydrogens is 334 g/mol. The number of carbonyl (C=O) groups excluding carboxylic acids is 2. The van der Waals surface area contributed by atoms with Crippen molar-refractivity contribution in [3.8, 4) is 5.75 Å². The molecule has 3 rings (SSSR count). The van der Waals surface area contributed by atoms with Gasteiger partial charge in [-0.1, -0.05) is 18.2 Å². The molecule has 2 N–H and O–H groups in total. The van der Waals surface area contributed by atoms with Gasteiger partial charge >= 0.3 is 0 Å². The lowest BCUT2D eigenvalue weighted by Gasteiger charge is -2.17. The fourth-order valence-corrected chi connectivity index (χ4v) is 2.59. The van der Waals surface area contributed by atoms with Crippen LogP contribution in [0.2, 0.25) is 0 Å². The quantitative estimate of drug-likeness (QED) is 0.875. The van der Waals surface area contributed by atoms with Crippen LogP contribution in [0.25, 0.3) is 0 Å². The zero-order valence-corrected chi connectivity index (χ0v) is 12.3. The Kier molecular flexibility index (Phi) is 3.35. The molecule has 21 heavy (non-hydrogen) atoms. The normalized spacial score (nSPS) is 13.7. The summed E-state index contributed by atoms with van der Waals surface area (Å²) in [6, 6.07) is 11.8. The second-order valence-corrected chi connectivity index (χ2v) is 5.41. The molecule has 1 aliphatic rings. The van der Waals surface area contributed by atoms with Gasteiger partial charge < -0.3 is 10.4 Å². The number of allylic oxidation sites excluding steroid dienone is 2. The third-order valence-electron chi connectivity index (χ3n) is 3.20. The van der Waals surface area contributed by atoms with Crippen molar-refractivity contribution < 1.29 is 14.7 Å². The van der Waals surface area contributed by atoms with Crippen molar-refractivity contribution in [1.29, 1.82) is 0 Å². The fraction of sp³-hybridized carbons (Fsp3) is 0. The van der Waals surface area contributed by atoms with Crippen LogP contribution in [-0.2, 0) is 0 Å². The lowest BCUT2D eigenvalue weighted by molar-refractivity contribution is 0.0983. The molecule has 0 heterocycles. The number of hydrogen-bond donors (Lipinski definition) is 2. The minimum Gasteiger partial charge on any atom is -0.507 e. The van der Waals surface area contributed by atoms with Gasteiger partial charge in [-0.05, 0) is 40.2 Å². The van der Waals surface area contributed by atoms with Crippen LogP contribution in [0.1, 0.15) is 20.7 Å². The highest BCUT2D eigenvalue weighted by molar-refractivity contribution is 9.10. The number of ketones is 2. The topological polar surface area (TPSA) is 66.4 Å². The van der Waals surface area contributed by atoms with Crippen molar-refractivity contribution in [3.05, 3.63) is 69.8 Å². The highest BCUT2D eigenvalue weighted by atomic mass is 79.9. The van der Waals surface area contributed by atoms with Gasteiger partial charge in [0.2, 0.25) is 5.78 Å². The van der Waals surface area contributed by atoms with E-state index >= 15 is 0 Å². The lowest BCUT2D eigenvalue weighted by atomic mass is 9.92. The van der Waals surface area contributed by atoms with E-state index in [9.17, 15) is 14.7 Å². The number of carbonyl (C=O) groups is 2. The van der Waals surface area contributed by atoms with E-state index < -0.39 is 5.78 Å². The number of rotatable bonds is 2. The number of anilines is 1. The molecule has 0 spiro atoms. The summed E-state index contributed by atoms with van der Waals surface area (Å²) in [6.07, 6.45) is 1.21. The Morgan fingerprint density at radius 2 is 1.76 bits per heavy atom. The summed E-state index contributed by atoms with van der Waals surface area (Å²) < 4.78 is 0.785. The number of benzene rings is 2. The first kappa shape index (κ1) is 13.6. The maximum atomic E-state index is 12.4. The number of phenols is 1. The molecule has 0 atom stereocenters. The van der Waals surface area contributed by atoms with Gasteiger partial charge in [0.15, 0.2) is 5.78 Å². The van der Waals surface area contributed by atoms with Crippen molar-refractivity contribution in [2.75, 3.05) is 5.32 Å². The first-order valence-corrected chi connectivity index (χ1v) is 7.01. The van der Waals surface area contributed by atoms with E-state index in [4.69, 9.17) is 0 Å². The summed E-state index contributed by atoms with van der Waals surface area (Å²) in [4.78, 5) is 24.5. The zero-order chi connectivity index (χ0) is 15.0. The number of hydrogen-bond acceptors (Lipinski definition) is 4. The summed E-state index contributed by atoms with van der Waals surface area (Å²) in [5, 5.41) is 12.7. The molecule has 2 aromatic rings. The van der Waals surface area contributed by atoms with Crippen molar-refractivity contribution in [2.24, 2.45) is 0 Å². The second kappa shape index (κ2) is 5.18. The second-order valence-electron chi connectivity index (χ2n) is 4.56. The molecule has 1 aliphatic carbocycles. The molecule has 0 radical (unpaired) electrons. The molecule has 5 heteroatoms. The fourth-order valence-electron chi connectivity index (χ4n) is 2.20.